The Bertz CT molecular complexity index is 801. The molecule has 0 spiro atoms. The van der Waals surface area contributed by atoms with Gasteiger partial charge in [-0.1, -0.05) is 43.7 Å². The van der Waals surface area contributed by atoms with Crippen LogP contribution in [0.4, 0.5) is 17.6 Å². The molecule has 0 heterocycles. The topological polar surface area (TPSA) is 9.23 Å². The van der Waals surface area contributed by atoms with E-state index in [2.05, 4.69) is 6.92 Å². The first-order chi connectivity index (χ1) is 13.4. The van der Waals surface area contributed by atoms with Crippen LogP contribution in [0, 0.1) is 11.6 Å². The van der Waals surface area contributed by atoms with E-state index in [9.17, 15) is 17.6 Å². The summed E-state index contributed by atoms with van der Waals surface area (Å²) < 4.78 is 63.5. The minimum absolute atomic E-state index is 0.110. The SMILES string of the molecule is CCCc1ccc(C2CCC(c3ccc(OCC)c(F)c3F)C(F)(F)C2)cc1. The van der Waals surface area contributed by atoms with Crippen molar-refractivity contribution in [1.82, 2.24) is 0 Å². The molecule has 0 amide bonds. The molecule has 0 radical (unpaired) electrons. The third kappa shape index (κ3) is 4.18. The number of benzene rings is 2. The minimum atomic E-state index is -3.11. The normalized spacial score (nSPS) is 21.5. The molecule has 1 aliphatic rings. The zero-order chi connectivity index (χ0) is 20.3. The summed E-state index contributed by atoms with van der Waals surface area (Å²) in [7, 11) is 0. The predicted molar refractivity (Wildman–Crippen MR) is 102 cm³/mol. The van der Waals surface area contributed by atoms with Gasteiger partial charge in [-0.2, -0.15) is 4.39 Å². The second-order valence-electron chi connectivity index (χ2n) is 7.50. The molecule has 1 aliphatic carbocycles. The van der Waals surface area contributed by atoms with Crippen molar-refractivity contribution in [3.05, 3.63) is 64.7 Å². The van der Waals surface area contributed by atoms with Gasteiger partial charge in [-0.25, -0.2) is 13.2 Å². The lowest BCUT2D eigenvalue weighted by atomic mass is 9.73. The van der Waals surface area contributed by atoms with Crippen molar-refractivity contribution in [3.63, 3.8) is 0 Å². The Kier molecular flexibility index (Phi) is 6.31. The molecule has 2 aromatic carbocycles. The molecular formula is C23H26F4O. The first-order valence-electron chi connectivity index (χ1n) is 9.94. The van der Waals surface area contributed by atoms with Crippen molar-refractivity contribution < 1.29 is 22.3 Å². The van der Waals surface area contributed by atoms with Gasteiger partial charge >= 0.3 is 0 Å². The molecule has 28 heavy (non-hydrogen) atoms. The van der Waals surface area contributed by atoms with Gasteiger partial charge in [-0.05, 0) is 49.3 Å². The monoisotopic (exact) mass is 394 g/mol. The molecule has 2 atom stereocenters. The van der Waals surface area contributed by atoms with Crippen LogP contribution >= 0.6 is 0 Å². The van der Waals surface area contributed by atoms with E-state index in [-0.39, 0.29) is 36.7 Å². The Morgan fingerprint density at radius 2 is 1.68 bits per heavy atom. The molecule has 2 unspecified atom stereocenters. The molecule has 5 heteroatoms. The smallest absolute Gasteiger partial charge is 0.255 e. The number of alkyl halides is 2. The van der Waals surface area contributed by atoms with Crippen molar-refractivity contribution in [2.75, 3.05) is 6.61 Å². The van der Waals surface area contributed by atoms with E-state index in [1.54, 1.807) is 6.92 Å². The average Bonchev–Trinajstić information content (AvgIpc) is 2.67. The third-order valence-corrected chi connectivity index (χ3v) is 5.57. The quantitative estimate of drug-likeness (QED) is 0.479. The van der Waals surface area contributed by atoms with Gasteiger partial charge in [-0.15, -0.1) is 0 Å². The molecule has 0 aromatic heterocycles. The van der Waals surface area contributed by atoms with Crippen LogP contribution in [0.3, 0.4) is 0 Å². The molecule has 3 rings (SSSR count). The van der Waals surface area contributed by atoms with Gasteiger partial charge < -0.3 is 4.74 Å². The largest absolute Gasteiger partial charge is 0.491 e. The maximum absolute atomic E-state index is 14.9. The Morgan fingerprint density at radius 1 is 0.964 bits per heavy atom. The predicted octanol–water partition coefficient (Wildman–Crippen LogP) is 7.00. The van der Waals surface area contributed by atoms with Crippen molar-refractivity contribution in [2.45, 2.75) is 63.7 Å². The fourth-order valence-electron chi connectivity index (χ4n) is 4.15. The van der Waals surface area contributed by atoms with Crippen LogP contribution in [0.2, 0.25) is 0 Å². The molecule has 152 valence electrons. The Morgan fingerprint density at radius 3 is 2.29 bits per heavy atom. The van der Waals surface area contributed by atoms with Crippen LogP contribution in [-0.4, -0.2) is 12.5 Å². The van der Waals surface area contributed by atoms with Crippen LogP contribution in [0.25, 0.3) is 0 Å². The van der Waals surface area contributed by atoms with Crippen LogP contribution in [-0.2, 0) is 6.42 Å². The third-order valence-electron chi connectivity index (χ3n) is 5.57. The van der Waals surface area contributed by atoms with E-state index in [4.69, 9.17) is 4.74 Å². The van der Waals surface area contributed by atoms with Crippen LogP contribution < -0.4 is 4.74 Å². The summed E-state index contributed by atoms with van der Waals surface area (Å²) in [5.74, 6) is -7.37. The fraction of sp³-hybridized carbons (Fsp3) is 0.478. The second kappa shape index (κ2) is 8.54. The van der Waals surface area contributed by atoms with Crippen molar-refractivity contribution in [3.8, 4) is 5.75 Å². The van der Waals surface area contributed by atoms with Crippen LogP contribution in [0.5, 0.6) is 5.75 Å². The molecule has 0 bridgehead atoms. The highest BCUT2D eigenvalue weighted by molar-refractivity contribution is 5.35. The van der Waals surface area contributed by atoms with Crippen LogP contribution in [0.1, 0.15) is 68.1 Å². The maximum Gasteiger partial charge on any atom is 0.255 e. The van der Waals surface area contributed by atoms with Gasteiger partial charge in [0, 0.05) is 12.0 Å². The van der Waals surface area contributed by atoms with Gasteiger partial charge in [-0.3, -0.25) is 0 Å². The Labute approximate surface area is 163 Å². The summed E-state index contributed by atoms with van der Waals surface area (Å²) in [6, 6.07) is 10.3. The summed E-state index contributed by atoms with van der Waals surface area (Å²) >= 11 is 0. The first-order valence-corrected chi connectivity index (χ1v) is 9.94. The zero-order valence-electron chi connectivity index (χ0n) is 16.3. The highest BCUT2D eigenvalue weighted by Crippen LogP contribution is 2.50. The highest BCUT2D eigenvalue weighted by Gasteiger charge is 2.47. The molecule has 1 fully saturated rings. The van der Waals surface area contributed by atoms with E-state index in [0.29, 0.717) is 6.42 Å². The molecule has 0 saturated heterocycles. The Balaban J connectivity index is 1.79. The number of hydrogen-bond donors (Lipinski definition) is 0. The number of rotatable bonds is 6. The summed E-state index contributed by atoms with van der Waals surface area (Å²) in [6.07, 6.45) is 2.26. The molecule has 2 aromatic rings. The van der Waals surface area contributed by atoms with E-state index in [1.807, 2.05) is 24.3 Å². The molecule has 1 nitrogen and oxygen atoms in total. The first kappa shape index (κ1) is 20.7. The summed E-state index contributed by atoms with van der Waals surface area (Å²) in [5.41, 5.74) is 1.82. The maximum atomic E-state index is 14.9. The standard InChI is InChI=1S/C23H26F4O/c1-3-5-15-6-8-16(9-7-15)17-10-12-19(23(26,27)14-17)18-11-13-20(28-4-2)22(25)21(18)24/h6-9,11,13,17,19H,3-5,10,12,14H2,1-2H3. The second-order valence-corrected chi connectivity index (χ2v) is 7.50. The van der Waals surface area contributed by atoms with E-state index >= 15 is 0 Å². The molecule has 0 N–H and O–H groups in total. The van der Waals surface area contributed by atoms with Gasteiger partial charge in [0.15, 0.2) is 11.6 Å². The zero-order valence-corrected chi connectivity index (χ0v) is 16.3. The average molecular weight is 394 g/mol. The summed E-state index contributed by atoms with van der Waals surface area (Å²) in [5, 5.41) is 0. The van der Waals surface area contributed by atoms with Crippen molar-refractivity contribution in [1.29, 1.82) is 0 Å². The number of ether oxygens (including phenoxy) is 1. The van der Waals surface area contributed by atoms with E-state index in [1.165, 1.54) is 17.7 Å². The Hall–Kier alpha value is -2.04. The van der Waals surface area contributed by atoms with Gasteiger partial charge in [0.2, 0.25) is 5.82 Å². The van der Waals surface area contributed by atoms with Gasteiger partial charge in [0.1, 0.15) is 0 Å². The van der Waals surface area contributed by atoms with E-state index in [0.717, 1.165) is 18.4 Å². The van der Waals surface area contributed by atoms with Crippen LogP contribution in [0.15, 0.2) is 36.4 Å². The fourth-order valence-corrected chi connectivity index (χ4v) is 4.15. The number of hydrogen-bond acceptors (Lipinski definition) is 1. The highest BCUT2D eigenvalue weighted by atomic mass is 19.3. The lowest BCUT2D eigenvalue weighted by Crippen LogP contribution is -2.34. The van der Waals surface area contributed by atoms with Crippen molar-refractivity contribution >= 4 is 0 Å². The molecular weight excluding hydrogens is 368 g/mol. The lowest BCUT2D eigenvalue weighted by molar-refractivity contribution is -0.0625. The van der Waals surface area contributed by atoms with Gasteiger partial charge in [0.25, 0.3) is 5.92 Å². The van der Waals surface area contributed by atoms with Gasteiger partial charge in [0.05, 0.1) is 12.5 Å². The molecule has 0 aliphatic heterocycles. The van der Waals surface area contributed by atoms with Crippen molar-refractivity contribution in [2.24, 2.45) is 0 Å². The minimum Gasteiger partial charge on any atom is -0.491 e. The summed E-state index contributed by atoms with van der Waals surface area (Å²) in [6.45, 7) is 3.92. The number of aryl methyl sites for hydroxylation is 1. The molecule has 1 saturated carbocycles. The summed E-state index contributed by atoms with van der Waals surface area (Å²) in [4.78, 5) is 0. The van der Waals surface area contributed by atoms with E-state index < -0.39 is 23.5 Å². The number of halogens is 4. The lowest BCUT2D eigenvalue weighted by Gasteiger charge is -2.36.